The number of nitrogens with zero attached hydrogens (tertiary/aromatic N) is 1. The summed E-state index contributed by atoms with van der Waals surface area (Å²) >= 11 is 3.39. The number of hydrogen-bond acceptors (Lipinski definition) is 3. The van der Waals surface area contributed by atoms with E-state index in [2.05, 4.69) is 21.2 Å². The number of halogens is 1. The topological polar surface area (TPSA) is 66.5 Å². The smallest absolute Gasteiger partial charge is 0.241 e. The second-order valence-corrected chi connectivity index (χ2v) is 8.73. The lowest BCUT2D eigenvalue weighted by Gasteiger charge is -2.22. The van der Waals surface area contributed by atoms with Gasteiger partial charge in [-0.15, -0.1) is 0 Å². The number of anilines is 1. The maximum Gasteiger partial charge on any atom is 0.241 e. The van der Waals surface area contributed by atoms with Crippen molar-refractivity contribution in [1.82, 2.24) is 5.32 Å². The van der Waals surface area contributed by atoms with Crippen LogP contribution in [0.5, 0.6) is 0 Å². The van der Waals surface area contributed by atoms with Crippen molar-refractivity contribution in [1.29, 1.82) is 0 Å². The summed E-state index contributed by atoms with van der Waals surface area (Å²) in [4.78, 5) is 12.3. The van der Waals surface area contributed by atoms with Gasteiger partial charge in [0.2, 0.25) is 15.9 Å². The van der Waals surface area contributed by atoms with Gasteiger partial charge in [0.1, 0.15) is 6.54 Å². The van der Waals surface area contributed by atoms with Gasteiger partial charge in [-0.2, -0.15) is 0 Å². The van der Waals surface area contributed by atoms with Crippen molar-refractivity contribution in [3.05, 3.63) is 63.6 Å². The van der Waals surface area contributed by atoms with Gasteiger partial charge in [-0.05, 0) is 43.2 Å². The molecule has 1 N–H and O–H groups in total. The average molecular weight is 425 g/mol. The zero-order chi connectivity index (χ0) is 18.6. The van der Waals surface area contributed by atoms with Crippen LogP contribution in [0, 0.1) is 13.8 Å². The maximum atomic E-state index is 12.3. The van der Waals surface area contributed by atoms with Crippen LogP contribution in [0.1, 0.15) is 16.7 Å². The summed E-state index contributed by atoms with van der Waals surface area (Å²) in [6.45, 7) is 3.95. The normalized spacial score (nSPS) is 11.2. The maximum absolute atomic E-state index is 12.3. The predicted molar refractivity (Wildman–Crippen MR) is 104 cm³/mol. The Labute approximate surface area is 157 Å². The van der Waals surface area contributed by atoms with Crippen LogP contribution in [-0.4, -0.2) is 27.1 Å². The summed E-state index contributed by atoms with van der Waals surface area (Å²) in [5, 5.41) is 2.77. The molecule has 0 heterocycles. The Kier molecular flexibility index (Phi) is 6.24. The van der Waals surface area contributed by atoms with Crippen molar-refractivity contribution in [3.63, 3.8) is 0 Å². The fourth-order valence-corrected chi connectivity index (χ4v) is 3.49. The fraction of sp³-hybridized carbons (Fsp3) is 0.278. The fourth-order valence-electron chi connectivity index (χ4n) is 2.39. The summed E-state index contributed by atoms with van der Waals surface area (Å²) < 4.78 is 26.2. The Hall–Kier alpha value is -1.86. The standard InChI is InChI=1S/C18H21BrN2O3S/c1-13-5-4-6-15(9-13)11-20-18(22)12-21(25(3,23)24)16-7-8-17(19)14(2)10-16/h4-10H,11-12H2,1-3H3,(H,20,22). The summed E-state index contributed by atoms with van der Waals surface area (Å²) in [6, 6.07) is 13.0. The molecule has 0 unspecified atom stereocenters. The van der Waals surface area contributed by atoms with E-state index in [4.69, 9.17) is 0 Å². The van der Waals surface area contributed by atoms with Crippen LogP contribution in [0.15, 0.2) is 46.9 Å². The number of nitrogens with one attached hydrogen (secondary N) is 1. The third-order valence-corrected chi connectivity index (χ3v) is 5.72. The Bertz CT molecular complexity index is 882. The molecule has 0 radical (unpaired) electrons. The van der Waals surface area contributed by atoms with Crippen molar-refractivity contribution in [2.75, 3.05) is 17.1 Å². The van der Waals surface area contributed by atoms with Crippen molar-refractivity contribution < 1.29 is 13.2 Å². The molecule has 134 valence electrons. The average Bonchev–Trinajstić information content (AvgIpc) is 2.52. The highest BCUT2D eigenvalue weighted by Gasteiger charge is 2.21. The lowest BCUT2D eigenvalue weighted by molar-refractivity contribution is -0.119. The van der Waals surface area contributed by atoms with E-state index in [1.54, 1.807) is 18.2 Å². The van der Waals surface area contributed by atoms with Crippen LogP contribution in [0.4, 0.5) is 5.69 Å². The number of aryl methyl sites for hydroxylation is 2. The molecule has 0 saturated heterocycles. The van der Waals surface area contributed by atoms with E-state index in [9.17, 15) is 13.2 Å². The molecule has 0 aliphatic heterocycles. The van der Waals surface area contributed by atoms with Crippen LogP contribution >= 0.6 is 15.9 Å². The monoisotopic (exact) mass is 424 g/mol. The number of hydrogen-bond donors (Lipinski definition) is 1. The van der Waals surface area contributed by atoms with Crippen molar-refractivity contribution in [2.24, 2.45) is 0 Å². The number of carbonyl (C=O) groups excluding carboxylic acids is 1. The molecular formula is C18H21BrN2O3S. The summed E-state index contributed by atoms with van der Waals surface area (Å²) in [5.41, 5.74) is 3.44. The SMILES string of the molecule is Cc1cccc(CNC(=O)CN(c2ccc(Br)c(C)c2)S(C)(=O)=O)c1. The van der Waals surface area contributed by atoms with Gasteiger partial charge in [-0.1, -0.05) is 45.8 Å². The third-order valence-electron chi connectivity index (χ3n) is 3.69. The van der Waals surface area contributed by atoms with Gasteiger partial charge in [0.25, 0.3) is 0 Å². The van der Waals surface area contributed by atoms with E-state index < -0.39 is 10.0 Å². The molecule has 0 aromatic heterocycles. The largest absolute Gasteiger partial charge is 0.350 e. The Morgan fingerprint density at radius 1 is 1.16 bits per heavy atom. The molecule has 0 atom stereocenters. The highest BCUT2D eigenvalue weighted by Crippen LogP contribution is 2.24. The van der Waals surface area contributed by atoms with E-state index in [0.29, 0.717) is 12.2 Å². The van der Waals surface area contributed by atoms with E-state index in [0.717, 1.165) is 31.7 Å². The Balaban J connectivity index is 2.11. The molecular weight excluding hydrogens is 404 g/mol. The number of benzene rings is 2. The lowest BCUT2D eigenvalue weighted by Crippen LogP contribution is -2.40. The van der Waals surface area contributed by atoms with Gasteiger partial charge in [0.15, 0.2) is 0 Å². The van der Waals surface area contributed by atoms with Gasteiger partial charge in [-0.25, -0.2) is 8.42 Å². The minimum Gasteiger partial charge on any atom is -0.350 e. The van der Waals surface area contributed by atoms with Crippen molar-refractivity contribution in [2.45, 2.75) is 20.4 Å². The number of amides is 1. The lowest BCUT2D eigenvalue weighted by atomic mass is 10.1. The van der Waals surface area contributed by atoms with Gasteiger partial charge < -0.3 is 5.32 Å². The number of sulfonamides is 1. The molecule has 0 aliphatic carbocycles. The second-order valence-electron chi connectivity index (χ2n) is 5.97. The minimum atomic E-state index is -3.58. The molecule has 5 nitrogen and oxygen atoms in total. The molecule has 7 heteroatoms. The van der Waals surface area contributed by atoms with E-state index in [1.165, 1.54) is 0 Å². The second kappa shape index (κ2) is 8.01. The Morgan fingerprint density at radius 3 is 2.48 bits per heavy atom. The van der Waals surface area contributed by atoms with Crippen LogP contribution in [0.2, 0.25) is 0 Å². The molecule has 0 saturated carbocycles. The number of carbonyl (C=O) groups is 1. The molecule has 0 fully saturated rings. The molecule has 2 aromatic rings. The summed E-state index contributed by atoms with van der Waals surface area (Å²) in [6.07, 6.45) is 1.10. The van der Waals surface area contributed by atoms with Crippen LogP contribution in [-0.2, 0) is 21.4 Å². The molecule has 0 aliphatic rings. The first kappa shape index (κ1) is 19.5. The number of rotatable bonds is 6. The van der Waals surface area contributed by atoms with E-state index >= 15 is 0 Å². The first-order valence-corrected chi connectivity index (χ1v) is 10.4. The molecule has 0 spiro atoms. The van der Waals surface area contributed by atoms with Crippen LogP contribution in [0.25, 0.3) is 0 Å². The quantitative estimate of drug-likeness (QED) is 0.774. The molecule has 2 aromatic carbocycles. The van der Waals surface area contributed by atoms with E-state index in [-0.39, 0.29) is 12.5 Å². The highest BCUT2D eigenvalue weighted by atomic mass is 79.9. The first-order chi connectivity index (χ1) is 11.7. The minimum absolute atomic E-state index is 0.258. The molecule has 1 amide bonds. The van der Waals surface area contributed by atoms with E-state index in [1.807, 2.05) is 38.1 Å². The zero-order valence-electron chi connectivity index (χ0n) is 14.4. The third kappa shape index (κ3) is 5.57. The van der Waals surface area contributed by atoms with Gasteiger partial charge in [0.05, 0.1) is 11.9 Å². The molecule has 0 bridgehead atoms. The van der Waals surface area contributed by atoms with Crippen LogP contribution < -0.4 is 9.62 Å². The van der Waals surface area contributed by atoms with Gasteiger partial charge >= 0.3 is 0 Å². The summed E-state index contributed by atoms with van der Waals surface area (Å²) in [5.74, 6) is -0.354. The van der Waals surface area contributed by atoms with Gasteiger partial charge in [0, 0.05) is 11.0 Å². The molecule has 25 heavy (non-hydrogen) atoms. The van der Waals surface area contributed by atoms with Gasteiger partial charge in [-0.3, -0.25) is 9.10 Å². The van der Waals surface area contributed by atoms with Crippen LogP contribution in [0.3, 0.4) is 0 Å². The zero-order valence-corrected chi connectivity index (χ0v) is 16.8. The summed E-state index contributed by atoms with van der Waals surface area (Å²) in [7, 11) is -3.58. The van der Waals surface area contributed by atoms with Crippen molar-refractivity contribution in [3.8, 4) is 0 Å². The first-order valence-electron chi connectivity index (χ1n) is 7.73. The predicted octanol–water partition coefficient (Wildman–Crippen LogP) is 3.15. The highest BCUT2D eigenvalue weighted by molar-refractivity contribution is 9.10. The molecule has 2 rings (SSSR count). The van der Waals surface area contributed by atoms with Crippen molar-refractivity contribution >= 4 is 37.5 Å². The Morgan fingerprint density at radius 2 is 1.88 bits per heavy atom.